The first-order valence-corrected chi connectivity index (χ1v) is 6.23. The van der Waals surface area contributed by atoms with Gasteiger partial charge in [0.2, 0.25) is 0 Å². The Kier molecular flexibility index (Phi) is 3.85. The fourth-order valence-corrected chi connectivity index (χ4v) is 2.64. The van der Waals surface area contributed by atoms with Gasteiger partial charge >= 0.3 is 0 Å². The zero-order valence-electron chi connectivity index (χ0n) is 9.56. The molecule has 16 heavy (non-hydrogen) atoms. The molecule has 1 fully saturated rings. The first-order chi connectivity index (χ1) is 7.68. The summed E-state index contributed by atoms with van der Waals surface area (Å²) >= 11 is 6.19. The van der Waals surface area contributed by atoms with E-state index in [2.05, 4.69) is 17.9 Å². The summed E-state index contributed by atoms with van der Waals surface area (Å²) in [5.74, 6) is 0. The minimum Gasteiger partial charge on any atom is -0.392 e. The first-order valence-electron chi connectivity index (χ1n) is 5.85. The molecule has 2 unspecified atom stereocenters. The molecule has 1 saturated heterocycles. The van der Waals surface area contributed by atoms with Crippen LogP contribution in [-0.2, 0) is 0 Å². The van der Waals surface area contributed by atoms with Crippen molar-refractivity contribution in [3.8, 4) is 0 Å². The van der Waals surface area contributed by atoms with E-state index >= 15 is 0 Å². The van der Waals surface area contributed by atoms with Crippen molar-refractivity contribution in [1.82, 2.24) is 4.90 Å². The van der Waals surface area contributed by atoms with E-state index in [9.17, 15) is 5.11 Å². The van der Waals surface area contributed by atoms with Crippen LogP contribution in [0.2, 0.25) is 5.02 Å². The van der Waals surface area contributed by atoms with Gasteiger partial charge in [0.25, 0.3) is 0 Å². The number of rotatable bonds is 2. The van der Waals surface area contributed by atoms with Gasteiger partial charge in [0.05, 0.1) is 6.10 Å². The van der Waals surface area contributed by atoms with Gasteiger partial charge in [0.15, 0.2) is 0 Å². The maximum atomic E-state index is 9.67. The van der Waals surface area contributed by atoms with Gasteiger partial charge in [-0.2, -0.15) is 0 Å². The number of hydrogen-bond donors (Lipinski definition) is 1. The van der Waals surface area contributed by atoms with Gasteiger partial charge in [-0.05, 0) is 37.9 Å². The van der Waals surface area contributed by atoms with Crippen LogP contribution in [0.3, 0.4) is 0 Å². The average Bonchev–Trinajstić information content (AvgIpc) is 2.29. The lowest BCUT2D eigenvalue weighted by molar-refractivity contribution is 0.0504. The molecule has 1 aliphatic heterocycles. The Bertz CT molecular complexity index is 356. The smallest absolute Gasteiger partial charge is 0.0667 e. The van der Waals surface area contributed by atoms with Crippen LogP contribution in [0.15, 0.2) is 24.3 Å². The van der Waals surface area contributed by atoms with Crippen molar-refractivity contribution in [2.24, 2.45) is 0 Å². The summed E-state index contributed by atoms with van der Waals surface area (Å²) < 4.78 is 0. The number of likely N-dealkylation sites (tertiary alicyclic amines) is 1. The SMILES string of the molecule is CC(c1ccccc1Cl)N1CCCC(O)C1. The second kappa shape index (κ2) is 5.17. The second-order valence-electron chi connectivity index (χ2n) is 4.49. The fourth-order valence-electron chi connectivity index (χ4n) is 2.35. The van der Waals surface area contributed by atoms with Gasteiger partial charge in [-0.15, -0.1) is 0 Å². The number of piperidine rings is 1. The fraction of sp³-hybridized carbons (Fsp3) is 0.538. The Balaban J connectivity index is 2.12. The van der Waals surface area contributed by atoms with Crippen LogP contribution < -0.4 is 0 Å². The van der Waals surface area contributed by atoms with Gasteiger partial charge < -0.3 is 5.11 Å². The lowest BCUT2D eigenvalue weighted by Crippen LogP contribution is -2.39. The molecular weight excluding hydrogens is 222 g/mol. The summed E-state index contributed by atoms with van der Waals surface area (Å²) in [5, 5.41) is 10.5. The highest BCUT2D eigenvalue weighted by atomic mass is 35.5. The van der Waals surface area contributed by atoms with E-state index in [1.807, 2.05) is 18.2 Å². The number of nitrogens with zero attached hydrogens (tertiary/aromatic N) is 1. The molecule has 0 amide bonds. The van der Waals surface area contributed by atoms with E-state index in [0.29, 0.717) is 0 Å². The third kappa shape index (κ3) is 2.57. The lowest BCUT2D eigenvalue weighted by atomic mass is 10.0. The summed E-state index contributed by atoms with van der Waals surface area (Å²) in [6.45, 7) is 3.95. The molecule has 0 radical (unpaired) electrons. The minimum atomic E-state index is -0.182. The maximum absolute atomic E-state index is 9.67. The first kappa shape index (κ1) is 11.9. The molecule has 1 aromatic carbocycles. The van der Waals surface area contributed by atoms with Crippen LogP contribution in [0.4, 0.5) is 0 Å². The molecule has 1 heterocycles. The highest BCUT2D eigenvalue weighted by molar-refractivity contribution is 6.31. The zero-order chi connectivity index (χ0) is 11.5. The summed E-state index contributed by atoms with van der Waals surface area (Å²) in [5.41, 5.74) is 1.15. The Morgan fingerprint density at radius 2 is 2.19 bits per heavy atom. The highest BCUT2D eigenvalue weighted by Gasteiger charge is 2.23. The topological polar surface area (TPSA) is 23.5 Å². The Morgan fingerprint density at radius 1 is 1.44 bits per heavy atom. The van der Waals surface area contributed by atoms with E-state index in [1.54, 1.807) is 0 Å². The number of β-amino-alcohol motifs (C(OH)–C–C–N with tert-alkyl or cyclic N) is 1. The van der Waals surface area contributed by atoms with Crippen molar-refractivity contribution in [3.05, 3.63) is 34.9 Å². The number of aliphatic hydroxyl groups excluding tert-OH is 1. The molecule has 0 aliphatic carbocycles. The molecule has 2 atom stereocenters. The van der Waals surface area contributed by atoms with E-state index in [1.165, 1.54) is 0 Å². The summed E-state index contributed by atoms with van der Waals surface area (Å²) in [6.07, 6.45) is 1.81. The van der Waals surface area contributed by atoms with Crippen molar-refractivity contribution in [3.63, 3.8) is 0 Å². The van der Waals surface area contributed by atoms with Crippen LogP contribution >= 0.6 is 11.6 Å². The molecule has 0 aromatic heterocycles. The largest absolute Gasteiger partial charge is 0.392 e. The van der Waals surface area contributed by atoms with Crippen molar-refractivity contribution in [1.29, 1.82) is 0 Å². The van der Waals surface area contributed by atoms with Crippen LogP contribution in [-0.4, -0.2) is 29.2 Å². The molecule has 2 rings (SSSR count). The third-order valence-corrected chi connectivity index (χ3v) is 3.68. The summed E-state index contributed by atoms with van der Waals surface area (Å²) in [7, 11) is 0. The van der Waals surface area contributed by atoms with Crippen LogP contribution in [0, 0.1) is 0 Å². The predicted molar refractivity (Wildman–Crippen MR) is 66.7 cm³/mol. The number of halogens is 1. The van der Waals surface area contributed by atoms with Crippen LogP contribution in [0.25, 0.3) is 0 Å². The van der Waals surface area contributed by atoms with E-state index in [-0.39, 0.29) is 12.1 Å². The van der Waals surface area contributed by atoms with Crippen molar-refractivity contribution < 1.29 is 5.11 Å². The van der Waals surface area contributed by atoms with Gasteiger partial charge in [0, 0.05) is 17.6 Å². The number of hydrogen-bond acceptors (Lipinski definition) is 2. The van der Waals surface area contributed by atoms with Gasteiger partial charge in [-0.25, -0.2) is 0 Å². The predicted octanol–water partition coefficient (Wildman–Crippen LogP) is 2.86. The number of benzene rings is 1. The molecular formula is C13H18ClNO. The summed E-state index contributed by atoms with van der Waals surface area (Å²) in [6, 6.07) is 8.23. The van der Waals surface area contributed by atoms with Crippen molar-refractivity contribution >= 4 is 11.6 Å². The summed E-state index contributed by atoms with van der Waals surface area (Å²) in [4.78, 5) is 2.30. The second-order valence-corrected chi connectivity index (χ2v) is 4.90. The van der Waals surface area contributed by atoms with Crippen LogP contribution in [0.5, 0.6) is 0 Å². The Hall–Kier alpha value is -0.570. The minimum absolute atomic E-state index is 0.182. The molecule has 1 N–H and O–H groups in total. The van der Waals surface area contributed by atoms with Crippen LogP contribution in [0.1, 0.15) is 31.4 Å². The molecule has 88 valence electrons. The van der Waals surface area contributed by atoms with E-state index in [4.69, 9.17) is 11.6 Å². The number of aliphatic hydroxyl groups is 1. The lowest BCUT2D eigenvalue weighted by Gasteiger charge is -2.35. The quantitative estimate of drug-likeness (QED) is 0.858. The monoisotopic (exact) mass is 239 g/mol. The third-order valence-electron chi connectivity index (χ3n) is 3.33. The van der Waals surface area contributed by atoms with E-state index < -0.39 is 0 Å². The average molecular weight is 240 g/mol. The van der Waals surface area contributed by atoms with Crippen molar-refractivity contribution in [2.45, 2.75) is 31.9 Å². The molecule has 1 aliphatic rings. The zero-order valence-corrected chi connectivity index (χ0v) is 10.3. The Labute approximate surface area is 102 Å². The normalized spacial score (nSPS) is 24.3. The molecule has 0 spiro atoms. The van der Waals surface area contributed by atoms with Gasteiger partial charge in [-0.1, -0.05) is 29.8 Å². The molecule has 0 bridgehead atoms. The molecule has 0 saturated carbocycles. The molecule has 1 aromatic rings. The highest BCUT2D eigenvalue weighted by Crippen LogP contribution is 2.29. The van der Waals surface area contributed by atoms with Crippen molar-refractivity contribution in [2.75, 3.05) is 13.1 Å². The standard InChI is InChI=1S/C13H18ClNO/c1-10(12-6-2-3-7-13(12)14)15-8-4-5-11(16)9-15/h2-3,6-7,10-11,16H,4-5,8-9H2,1H3. The Morgan fingerprint density at radius 3 is 2.88 bits per heavy atom. The van der Waals surface area contributed by atoms with E-state index in [0.717, 1.165) is 36.5 Å². The van der Waals surface area contributed by atoms with Gasteiger partial charge in [0.1, 0.15) is 0 Å². The van der Waals surface area contributed by atoms with Gasteiger partial charge in [-0.3, -0.25) is 4.90 Å². The molecule has 3 heteroatoms. The molecule has 2 nitrogen and oxygen atoms in total. The maximum Gasteiger partial charge on any atom is 0.0667 e.